The zero-order chi connectivity index (χ0) is 15.4. The van der Waals surface area contributed by atoms with Gasteiger partial charge in [-0.3, -0.25) is 9.11 Å². The van der Waals surface area contributed by atoms with E-state index >= 15 is 0 Å². The Hall–Kier alpha value is -0.710. The number of hydrogen-bond donors (Lipinski definition) is 1. The SMILES string of the molecule is CC(C)C1CN(C(C)CS(C)=O)C(c2ccccc2)CN1. The summed E-state index contributed by atoms with van der Waals surface area (Å²) in [4.78, 5) is 2.54. The number of benzene rings is 1. The van der Waals surface area contributed by atoms with Crippen molar-refractivity contribution in [3.05, 3.63) is 35.9 Å². The molecule has 21 heavy (non-hydrogen) atoms. The molecule has 1 aromatic rings. The normalized spacial score (nSPS) is 26.7. The number of piperazine rings is 1. The first-order chi connectivity index (χ1) is 9.99. The highest BCUT2D eigenvalue weighted by Crippen LogP contribution is 2.27. The van der Waals surface area contributed by atoms with Crippen LogP contribution in [0.15, 0.2) is 30.3 Å². The van der Waals surface area contributed by atoms with Crippen molar-refractivity contribution in [1.82, 2.24) is 10.2 Å². The van der Waals surface area contributed by atoms with Gasteiger partial charge in [0.1, 0.15) is 0 Å². The molecule has 1 aliphatic heterocycles. The summed E-state index contributed by atoms with van der Waals surface area (Å²) in [5.41, 5.74) is 1.35. The molecule has 0 aliphatic carbocycles. The Morgan fingerprint density at radius 1 is 1.29 bits per heavy atom. The lowest BCUT2D eigenvalue weighted by Crippen LogP contribution is -2.57. The second-order valence-electron chi connectivity index (χ2n) is 6.47. The summed E-state index contributed by atoms with van der Waals surface area (Å²) in [7, 11) is -0.753. The minimum atomic E-state index is -0.753. The third-order valence-corrected chi connectivity index (χ3v) is 5.36. The van der Waals surface area contributed by atoms with Gasteiger partial charge in [-0.1, -0.05) is 44.2 Å². The fraction of sp³-hybridized carbons (Fsp3) is 0.647. The van der Waals surface area contributed by atoms with Crippen LogP contribution in [0.3, 0.4) is 0 Å². The Morgan fingerprint density at radius 3 is 2.52 bits per heavy atom. The number of nitrogens with one attached hydrogen (secondary N) is 1. The van der Waals surface area contributed by atoms with Crippen molar-refractivity contribution in [1.29, 1.82) is 0 Å². The topological polar surface area (TPSA) is 32.3 Å². The lowest BCUT2D eigenvalue weighted by molar-refractivity contribution is 0.0845. The summed E-state index contributed by atoms with van der Waals surface area (Å²) in [5, 5.41) is 3.69. The maximum Gasteiger partial charge on any atom is 0.0476 e. The monoisotopic (exact) mass is 308 g/mol. The molecule has 1 heterocycles. The molecular weight excluding hydrogens is 280 g/mol. The van der Waals surface area contributed by atoms with E-state index in [0.29, 0.717) is 24.0 Å². The number of hydrogen-bond acceptors (Lipinski definition) is 3. The maximum absolute atomic E-state index is 11.6. The molecule has 0 saturated carbocycles. The molecular formula is C17H28N2OS. The quantitative estimate of drug-likeness (QED) is 0.907. The number of rotatable bonds is 5. The highest BCUT2D eigenvalue weighted by Gasteiger charge is 2.33. The molecule has 0 spiro atoms. The summed E-state index contributed by atoms with van der Waals surface area (Å²) in [6, 6.07) is 11.9. The Morgan fingerprint density at radius 2 is 1.95 bits per heavy atom. The predicted molar refractivity (Wildman–Crippen MR) is 90.9 cm³/mol. The van der Waals surface area contributed by atoms with Gasteiger partial charge >= 0.3 is 0 Å². The van der Waals surface area contributed by atoms with E-state index in [1.54, 1.807) is 6.26 Å². The molecule has 118 valence electrons. The van der Waals surface area contributed by atoms with Crippen LogP contribution in [0.1, 0.15) is 32.4 Å². The summed E-state index contributed by atoms with van der Waals surface area (Å²) in [6.45, 7) is 8.73. The Bertz CT molecular complexity index is 463. The zero-order valence-electron chi connectivity index (χ0n) is 13.6. The summed E-state index contributed by atoms with van der Waals surface area (Å²) >= 11 is 0. The van der Waals surface area contributed by atoms with E-state index in [9.17, 15) is 4.21 Å². The molecule has 1 N–H and O–H groups in total. The van der Waals surface area contributed by atoms with E-state index < -0.39 is 10.8 Å². The van der Waals surface area contributed by atoms with Crippen LogP contribution in [-0.2, 0) is 10.8 Å². The van der Waals surface area contributed by atoms with Gasteiger partial charge in [0, 0.05) is 54.0 Å². The van der Waals surface area contributed by atoms with Gasteiger partial charge in [-0.05, 0) is 18.4 Å². The van der Waals surface area contributed by atoms with E-state index in [-0.39, 0.29) is 0 Å². The molecule has 1 aliphatic rings. The molecule has 0 radical (unpaired) electrons. The minimum Gasteiger partial charge on any atom is -0.311 e. The standard InChI is InChI=1S/C17H28N2OS/c1-13(2)16-11-19(14(3)12-21(4)20)17(10-18-16)15-8-6-5-7-9-15/h5-9,13-14,16-18H,10-12H2,1-4H3. The summed E-state index contributed by atoms with van der Waals surface area (Å²) in [5.74, 6) is 1.36. The molecule has 0 aromatic heterocycles. The molecule has 0 amide bonds. The summed E-state index contributed by atoms with van der Waals surface area (Å²) < 4.78 is 11.6. The van der Waals surface area contributed by atoms with Crippen molar-refractivity contribution in [2.75, 3.05) is 25.1 Å². The molecule has 4 atom stereocenters. The van der Waals surface area contributed by atoms with Gasteiger partial charge in [0.25, 0.3) is 0 Å². The smallest absolute Gasteiger partial charge is 0.0476 e. The van der Waals surface area contributed by atoms with Crippen molar-refractivity contribution in [2.24, 2.45) is 5.92 Å². The Kier molecular flexibility index (Phi) is 5.97. The van der Waals surface area contributed by atoms with Crippen molar-refractivity contribution < 1.29 is 4.21 Å². The van der Waals surface area contributed by atoms with Crippen LogP contribution in [-0.4, -0.2) is 46.3 Å². The molecule has 0 bridgehead atoms. The van der Waals surface area contributed by atoms with E-state index in [4.69, 9.17) is 0 Å². The first kappa shape index (κ1) is 16.7. The largest absolute Gasteiger partial charge is 0.311 e. The zero-order valence-corrected chi connectivity index (χ0v) is 14.4. The van der Waals surface area contributed by atoms with Crippen LogP contribution in [0, 0.1) is 5.92 Å². The molecule has 1 saturated heterocycles. The maximum atomic E-state index is 11.6. The van der Waals surface area contributed by atoms with Gasteiger partial charge in [-0.15, -0.1) is 0 Å². The second kappa shape index (κ2) is 7.52. The average molecular weight is 308 g/mol. The highest BCUT2D eigenvalue weighted by atomic mass is 32.2. The highest BCUT2D eigenvalue weighted by molar-refractivity contribution is 7.84. The molecule has 3 nitrogen and oxygen atoms in total. The van der Waals surface area contributed by atoms with Crippen molar-refractivity contribution in [3.63, 3.8) is 0 Å². The summed E-state index contributed by atoms with van der Waals surface area (Å²) in [6.07, 6.45) is 1.80. The second-order valence-corrected chi connectivity index (χ2v) is 7.95. The fourth-order valence-corrected chi connectivity index (χ4v) is 4.02. The van der Waals surface area contributed by atoms with Gasteiger partial charge < -0.3 is 5.32 Å². The van der Waals surface area contributed by atoms with Gasteiger partial charge in [-0.25, -0.2) is 0 Å². The predicted octanol–water partition coefficient (Wildman–Crippen LogP) is 2.42. The third kappa shape index (κ3) is 4.38. The first-order valence-corrected chi connectivity index (χ1v) is 9.56. The van der Waals surface area contributed by atoms with Gasteiger partial charge in [0.05, 0.1) is 0 Å². The van der Waals surface area contributed by atoms with Crippen molar-refractivity contribution >= 4 is 10.8 Å². The van der Waals surface area contributed by atoms with E-state index in [1.807, 2.05) is 0 Å². The van der Waals surface area contributed by atoms with Crippen LogP contribution >= 0.6 is 0 Å². The molecule has 2 rings (SSSR count). The van der Waals surface area contributed by atoms with E-state index in [1.165, 1.54) is 5.56 Å². The van der Waals surface area contributed by atoms with Crippen molar-refractivity contribution in [3.8, 4) is 0 Å². The number of nitrogens with zero attached hydrogens (tertiary/aromatic N) is 1. The van der Waals surface area contributed by atoms with Crippen LogP contribution in [0.2, 0.25) is 0 Å². The van der Waals surface area contributed by atoms with E-state index in [0.717, 1.165) is 18.8 Å². The fourth-order valence-electron chi connectivity index (χ4n) is 3.15. The molecule has 4 unspecified atom stereocenters. The van der Waals surface area contributed by atoms with Crippen LogP contribution in [0.5, 0.6) is 0 Å². The molecule has 4 heteroatoms. The average Bonchev–Trinajstić information content (AvgIpc) is 2.46. The third-order valence-electron chi connectivity index (χ3n) is 4.41. The van der Waals surface area contributed by atoms with Crippen LogP contribution in [0.4, 0.5) is 0 Å². The molecule has 1 aromatic carbocycles. The van der Waals surface area contributed by atoms with Gasteiger partial charge in [0.2, 0.25) is 0 Å². The lowest BCUT2D eigenvalue weighted by atomic mass is 9.95. The minimum absolute atomic E-state index is 0.337. The Balaban J connectivity index is 2.19. The van der Waals surface area contributed by atoms with Crippen molar-refractivity contribution in [2.45, 2.75) is 38.9 Å². The molecule has 1 fully saturated rings. The first-order valence-electron chi connectivity index (χ1n) is 7.83. The van der Waals surface area contributed by atoms with Crippen LogP contribution in [0.25, 0.3) is 0 Å². The lowest BCUT2D eigenvalue weighted by Gasteiger charge is -2.45. The van der Waals surface area contributed by atoms with Gasteiger partial charge in [-0.2, -0.15) is 0 Å². The van der Waals surface area contributed by atoms with Crippen LogP contribution < -0.4 is 5.32 Å². The Labute approximate surface area is 131 Å². The van der Waals surface area contributed by atoms with Gasteiger partial charge in [0.15, 0.2) is 0 Å². The van der Waals surface area contributed by atoms with E-state index in [2.05, 4.69) is 61.3 Å².